The van der Waals surface area contributed by atoms with E-state index in [1.54, 1.807) is 4.68 Å². The van der Waals surface area contributed by atoms with Crippen LogP contribution in [-0.2, 0) is 6.54 Å². The standard InChI is InChI=1S/C13H17FN4/c1-4-18-13(12(15)9(3)17-18)16-11-6-8(2)5-10(14)7-11/h5-7,16H,4,15H2,1-3H3. The summed E-state index contributed by atoms with van der Waals surface area (Å²) in [7, 11) is 0. The van der Waals surface area contributed by atoms with Crippen molar-refractivity contribution in [2.75, 3.05) is 11.1 Å². The lowest BCUT2D eigenvalue weighted by Gasteiger charge is -2.10. The second-order valence-electron chi connectivity index (χ2n) is 4.31. The van der Waals surface area contributed by atoms with Gasteiger partial charge in [0.1, 0.15) is 5.82 Å². The van der Waals surface area contributed by atoms with Crippen LogP contribution in [-0.4, -0.2) is 9.78 Å². The number of aryl methyl sites for hydroxylation is 3. The number of aromatic nitrogens is 2. The van der Waals surface area contributed by atoms with Gasteiger partial charge in [0.2, 0.25) is 0 Å². The summed E-state index contributed by atoms with van der Waals surface area (Å²) in [5.41, 5.74) is 8.86. The quantitative estimate of drug-likeness (QED) is 0.878. The van der Waals surface area contributed by atoms with Crippen molar-refractivity contribution in [2.45, 2.75) is 27.3 Å². The molecular weight excluding hydrogens is 231 g/mol. The first-order valence-corrected chi connectivity index (χ1v) is 5.88. The Bertz CT molecular complexity index is 554. The molecule has 0 aliphatic rings. The van der Waals surface area contributed by atoms with Crippen LogP contribution in [0.1, 0.15) is 18.2 Å². The number of hydrogen-bond donors (Lipinski definition) is 2. The van der Waals surface area contributed by atoms with Crippen molar-refractivity contribution in [3.63, 3.8) is 0 Å². The molecule has 18 heavy (non-hydrogen) atoms. The fraction of sp³-hybridized carbons (Fsp3) is 0.308. The number of nitrogens with one attached hydrogen (secondary N) is 1. The summed E-state index contributed by atoms with van der Waals surface area (Å²) >= 11 is 0. The van der Waals surface area contributed by atoms with Crippen molar-refractivity contribution < 1.29 is 4.39 Å². The second kappa shape index (κ2) is 4.68. The summed E-state index contributed by atoms with van der Waals surface area (Å²) in [4.78, 5) is 0. The highest BCUT2D eigenvalue weighted by atomic mass is 19.1. The first kappa shape index (κ1) is 12.4. The molecule has 0 spiro atoms. The molecule has 0 saturated carbocycles. The Hall–Kier alpha value is -2.04. The molecule has 2 aromatic rings. The van der Waals surface area contributed by atoms with E-state index in [2.05, 4.69) is 10.4 Å². The minimum absolute atomic E-state index is 0.268. The normalized spacial score (nSPS) is 10.7. The number of nitrogen functional groups attached to an aromatic ring is 1. The molecule has 0 amide bonds. The van der Waals surface area contributed by atoms with Crippen LogP contribution in [0.15, 0.2) is 18.2 Å². The maximum absolute atomic E-state index is 13.3. The molecule has 1 aromatic heterocycles. The topological polar surface area (TPSA) is 55.9 Å². The van der Waals surface area contributed by atoms with Crippen molar-refractivity contribution in [2.24, 2.45) is 0 Å². The van der Waals surface area contributed by atoms with Gasteiger partial charge in [-0.05, 0) is 44.5 Å². The van der Waals surface area contributed by atoms with Gasteiger partial charge >= 0.3 is 0 Å². The zero-order chi connectivity index (χ0) is 13.3. The highest BCUT2D eigenvalue weighted by Crippen LogP contribution is 2.26. The Labute approximate surface area is 106 Å². The number of nitrogens with two attached hydrogens (primary N) is 1. The summed E-state index contributed by atoms with van der Waals surface area (Å²) in [5, 5.41) is 7.43. The zero-order valence-corrected chi connectivity index (χ0v) is 10.8. The SMILES string of the molecule is CCn1nc(C)c(N)c1Nc1cc(C)cc(F)c1. The van der Waals surface area contributed by atoms with Gasteiger partial charge < -0.3 is 11.1 Å². The smallest absolute Gasteiger partial charge is 0.152 e. The van der Waals surface area contributed by atoms with E-state index in [1.165, 1.54) is 12.1 Å². The predicted octanol–water partition coefficient (Wildman–Crippen LogP) is 2.98. The Morgan fingerprint density at radius 2 is 2.06 bits per heavy atom. The molecule has 3 N–H and O–H groups in total. The summed E-state index contributed by atoms with van der Waals surface area (Å²) in [6.45, 7) is 6.38. The molecular formula is C13H17FN4. The van der Waals surface area contributed by atoms with E-state index in [0.717, 1.165) is 11.3 Å². The van der Waals surface area contributed by atoms with Gasteiger partial charge in [0.15, 0.2) is 5.82 Å². The molecule has 4 nitrogen and oxygen atoms in total. The van der Waals surface area contributed by atoms with E-state index in [0.29, 0.717) is 23.7 Å². The minimum Gasteiger partial charge on any atom is -0.394 e. The average molecular weight is 248 g/mol. The third-order valence-electron chi connectivity index (χ3n) is 2.78. The fourth-order valence-electron chi connectivity index (χ4n) is 1.90. The average Bonchev–Trinajstić information content (AvgIpc) is 2.55. The molecule has 0 saturated heterocycles. The molecule has 0 fully saturated rings. The summed E-state index contributed by atoms with van der Waals surface area (Å²) in [6.07, 6.45) is 0. The van der Waals surface area contributed by atoms with Gasteiger partial charge in [-0.25, -0.2) is 9.07 Å². The number of hydrogen-bond acceptors (Lipinski definition) is 3. The largest absolute Gasteiger partial charge is 0.394 e. The maximum atomic E-state index is 13.3. The van der Waals surface area contributed by atoms with Crippen LogP contribution in [0.25, 0.3) is 0 Å². The second-order valence-corrected chi connectivity index (χ2v) is 4.31. The van der Waals surface area contributed by atoms with Gasteiger partial charge in [-0.1, -0.05) is 0 Å². The first-order chi connectivity index (χ1) is 8.51. The zero-order valence-electron chi connectivity index (χ0n) is 10.8. The highest BCUT2D eigenvalue weighted by molar-refractivity contribution is 5.71. The van der Waals surface area contributed by atoms with Gasteiger partial charge in [-0.2, -0.15) is 5.10 Å². The van der Waals surface area contributed by atoms with Crippen LogP contribution in [0.2, 0.25) is 0 Å². The van der Waals surface area contributed by atoms with Crippen LogP contribution in [0.4, 0.5) is 21.6 Å². The third kappa shape index (κ3) is 2.30. The summed E-state index contributed by atoms with van der Waals surface area (Å²) in [6, 6.07) is 4.79. The molecule has 0 atom stereocenters. The van der Waals surface area contributed by atoms with Crippen LogP contribution in [0.3, 0.4) is 0 Å². The van der Waals surface area contributed by atoms with Crippen molar-refractivity contribution >= 4 is 17.2 Å². The molecule has 0 bridgehead atoms. The molecule has 2 rings (SSSR count). The maximum Gasteiger partial charge on any atom is 0.152 e. The van der Waals surface area contributed by atoms with Gasteiger partial charge in [-0.15, -0.1) is 0 Å². The number of halogens is 1. The van der Waals surface area contributed by atoms with Crippen molar-refractivity contribution in [3.05, 3.63) is 35.3 Å². The van der Waals surface area contributed by atoms with Crippen LogP contribution >= 0.6 is 0 Å². The van der Waals surface area contributed by atoms with E-state index in [1.807, 2.05) is 26.8 Å². The molecule has 1 heterocycles. The monoisotopic (exact) mass is 248 g/mol. The minimum atomic E-state index is -0.268. The molecule has 0 radical (unpaired) electrons. The van der Waals surface area contributed by atoms with E-state index < -0.39 is 0 Å². The Morgan fingerprint density at radius 1 is 1.33 bits per heavy atom. The summed E-state index contributed by atoms with van der Waals surface area (Å²) in [5.74, 6) is 0.440. The predicted molar refractivity (Wildman–Crippen MR) is 71.5 cm³/mol. The van der Waals surface area contributed by atoms with Gasteiger partial charge in [0.05, 0.1) is 11.4 Å². The molecule has 5 heteroatoms. The molecule has 0 unspecified atom stereocenters. The molecule has 0 aliphatic heterocycles. The fourth-order valence-corrected chi connectivity index (χ4v) is 1.90. The van der Waals surface area contributed by atoms with Crippen LogP contribution < -0.4 is 11.1 Å². The lowest BCUT2D eigenvalue weighted by molar-refractivity contribution is 0.627. The molecule has 0 aliphatic carbocycles. The van der Waals surface area contributed by atoms with E-state index in [9.17, 15) is 4.39 Å². The number of benzene rings is 1. The number of rotatable bonds is 3. The van der Waals surface area contributed by atoms with Crippen molar-refractivity contribution in [1.82, 2.24) is 9.78 Å². The van der Waals surface area contributed by atoms with E-state index in [4.69, 9.17) is 5.73 Å². The Morgan fingerprint density at radius 3 is 2.67 bits per heavy atom. The first-order valence-electron chi connectivity index (χ1n) is 5.88. The highest BCUT2D eigenvalue weighted by Gasteiger charge is 2.11. The van der Waals surface area contributed by atoms with E-state index in [-0.39, 0.29) is 5.82 Å². The van der Waals surface area contributed by atoms with Gasteiger partial charge in [0, 0.05) is 12.2 Å². The molecule has 1 aromatic carbocycles. The lowest BCUT2D eigenvalue weighted by atomic mass is 10.2. The Kier molecular flexibility index (Phi) is 3.23. The lowest BCUT2D eigenvalue weighted by Crippen LogP contribution is -2.04. The van der Waals surface area contributed by atoms with Crippen LogP contribution in [0, 0.1) is 19.7 Å². The van der Waals surface area contributed by atoms with Crippen molar-refractivity contribution in [1.29, 1.82) is 0 Å². The van der Waals surface area contributed by atoms with E-state index >= 15 is 0 Å². The van der Waals surface area contributed by atoms with Crippen molar-refractivity contribution in [3.8, 4) is 0 Å². The van der Waals surface area contributed by atoms with Gasteiger partial charge in [0.25, 0.3) is 0 Å². The number of nitrogens with zero attached hydrogens (tertiary/aromatic N) is 2. The van der Waals surface area contributed by atoms with Crippen LogP contribution in [0.5, 0.6) is 0 Å². The third-order valence-corrected chi connectivity index (χ3v) is 2.78. The molecule has 96 valence electrons. The Balaban J connectivity index is 2.39. The summed E-state index contributed by atoms with van der Waals surface area (Å²) < 4.78 is 15.1. The number of anilines is 3. The van der Waals surface area contributed by atoms with Gasteiger partial charge in [-0.3, -0.25) is 0 Å².